The first-order valence-corrected chi connectivity index (χ1v) is 9.29. The first-order chi connectivity index (χ1) is 11.2. The number of carbonyl (C=O) groups is 1. The Morgan fingerprint density at radius 2 is 1.88 bits per heavy atom. The minimum atomic E-state index is -0.587. The van der Waals surface area contributed by atoms with E-state index in [1.54, 1.807) is 0 Å². The van der Waals surface area contributed by atoms with Crippen molar-refractivity contribution in [3.63, 3.8) is 0 Å². The first kappa shape index (κ1) is 22.9. The Labute approximate surface area is 148 Å². The molecule has 1 aliphatic rings. The van der Waals surface area contributed by atoms with Gasteiger partial charge in [0.1, 0.15) is 0 Å². The van der Waals surface area contributed by atoms with E-state index in [9.17, 15) is 10.1 Å². The molecule has 0 aromatic carbocycles. The van der Waals surface area contributed by atoms with E-state index in [1.165, 1.54) is 6.42 Å². The number of nitrogens with one attached hydrogen (secondary N) is 1. The van der Waals surface area contributed by atoms with Crippen molar-refractivity contribution in [3.8, 4) is 6.07 Å². The fourth-order valence-electron chi connectivity index (χ4n) is 2.89. The van der Waals surface area contributed by atoms with E-state index in [-0.39, 0.29) is 11.6 Å². The fraction of sp³-hybridized carbons (Fsp3) is 0.895. The molecule has 1 fully saturated rings. The molecule has 0 heterocycles. The maximum atomic E-state index is 9.57. The number of unbranched alkanes of at least 4 members (excludes halogenated alkanes) is 1. The monoisotopic (exact) mass is 339 g/mol. The summed E-state index contributed by atoms with van der Waals surface area (Å²) in [6, 6.07) is 2.69. The zero-order chi connectivity index (χ0) is 18.6. The average molecular weight is 340 g/mol. The maximum Gasteiger partial charge on any atom is 0.207 e. The molecule has 1 amide bonds. The lowest BCUT2D eigenvalue weighted by Crippen LogP contribution is -2.52. The third-order valence-corrected chi connectivity index (χ3v) is 4.03. The van der Waals surface area contributed by atoms with Gasteiger partial charge in [0.25, 0.3) is 0 Å². The van der Waals surface area contributed by atoms with Gasteiger partial charge in [0, 0.05) is 18.1 Å². The molecule has 1 aliphatic carbocycles. The summed E-state index contributed by atoms with van der Waals surface area (Å²) < 4.78 is 0. The van der Waals surface area contributed by atoms with Crippen molar-refractivity contribution in [1.82, 2.24) is 10.4 Å². The minimum Gasteiger partial charge on any atom is -0.359 e. The van der Waals surface area contributed by atoms with E-state index in [2.05, 4.69) is 52.9 Å². The van der Waals surface area contributed by atoms with E-state index >= 15 is 0 Å². The number of hydroxylamine groups is 2. The van der Waals surface area contributed by atoms with Crippen molar-refractivity contribution in [2.75, 3.05) is 6.54 Å². The van der Waals surface area contributed by atoms with Gasteiger partial charge in [-0.15, -0.1) is 0 Å². The Kier molecular flexibility index (Phi) is 10.9. The number of hydrogen-bond acceptors (Lipinski definition) is 4. The number of amides is 1. The Balaban J connectivity index is 0.000000640. The van der Waals surface area contributed by atoms with Crippen LogP contribution in [0.4, 0.5) is 0 Å². The van der Waals surface area contributed by atoms with Crippen molar-refractivity contribution in [1.29, 1.82) is 5.26 Å². The summed E-state index contributed by atoms with van der Waals surface area (Å²) in [5, 5.41) is 14.0. The molecule has 0 radical (unpaired) electrons. The van der Waals surface area contributed by atoms with Crippen LogP contribution in [0, 0.1) is 11.3 Å². The van der Waals surface area contributed by atoms with Crippen molar-refractivity contribution < 1.29 is 9.63 Å². The van der Waals surface area contributed by atoms with Gasteiger partial charge in [-0.25, -0.2) is 0 Å². The lowest BCUT2D eigenvalue weighted by Gasteiger charge is -2.43. The highest BCUT2D eigenvalue weighted by Gasteiger charge is 2.39. The van der Waals surface area contributed by atoms with E-state index in [0.717, 1.165) is 51.5 Å². The predicted octanol–water partition coefficient (Wildman–Crippen LogP) is 4.19. The molecule has 0 unspecified atom stereocenters. The second-order valence-corrected chi connectivity index (χ2v) is 7.77. The highest BCUT2D eigenvalue weighted by Crippen LogP contribution is 2.34. The van der Waals surface area contributed by atoms with Gasteiger partial charge in [0.15, 0.2) is 5.60 Å². The third kappa shape index (κ3) is 8.65. The summed E-state index contributed by atoms with van der Waals surface area (Å²) in [5.74, 6) is 0. The molecule has 0 aliphatic heterocycles. The van der Waals surface area contributed by atoms with Crippen molar-refractivity contribution in [2.24, 2.45) is 0 Å². The van der Waals surface area contributed by atoms with Crippen LogP contribution in [-0.4, -0.2) is 35.2 Å². The molecule has 0 aromatic rings. The summed E-state index contributed by atoms with van der Waals surface area (Å²) in [4.78, 5) is 15.7. The van der Waals surface area contributed by atoms with Crippen LogP contribution >= 0.6 is 0 Å². The first-order valence-electron chi connectivity index (χ1n) is 9.29. The smallest absolute Gasteiger partial charge is 0.207 e. The molecule has 1 N–H and O–H groups in total. The summed E-state index contributed by atoms with van der Waals surface area (Å²) in [5.41, 5.74) is -0.661. The number of hydrogen-bond donors (Lipinski definition) is 1. The topological polar surface area (TPSA) is 65.4 Å². The molecular weight excluding hydrogens is 302 g/mol. The van der Waals surface area contributed by atoms with Gasteiger partial charge in [-0.2, -0.15) is 10.3 Å². The Hall–Kier alpha value is -1.12. The van der Waals surface area contributed by atoms with E-state index in [0.29, 0.717) is 0 Å². The number of nitrogens with zero attached hydrogens (tertiary/aromatic N) is 2. The highest BCUT2D eigenvalue weighted by atomic mass is 16.7. The van der Waals surface area contributed by atoms with Gasteiger partial charge in [0.2, 0.25) is 6.41 Å². The molecule has 5 heteroatoms. The van der Waals surface area contributed by atoms with Crippen LogP contribution in [0.2, 0.25) is 0 Å². The minimum absolute atomic E-state index is 0.0739. The van der Waals surface area contributed by atoms with E-state index in [4.69, 9.17) is 4.84 Å². The van der Waals surface area contributed by atoms with Crippen LogP contribution in [0.5, 0.6) is 0 Å². The van der Waals surface area contributed by atoms with Crippen LogP contribution in [-0.2, 0) is 9.63 Å². The predicted molar refractivity (Wildman–Crippen MR) is 98.2 cm³/mol. The maximum absolute atomic E-state index is 9.57. The molecule has 0 aromatic heterocycles. The van der Waals surface area contributed by atoms with Crippen LogP contribution in [0.3, 0.4) is 0 Å². The zero-order valence-corrected chi connectivity index (χ0v) is 16.5. The van der Waals surface area contributed by atoms with Crippen LogP contribution in [0.1, 0.15) is 86.5 Å². The van der Waals surface area contributed by atoms with E-state index in [1.807, 2.05) is 5.06 Å². The largest absolute Gasteiger partial charge is 0.359 e. The molecule has 5 nitrogen and oxygen atoms in total. The molecule has 140 valence electrons. The van der Waals surface area contributed by atoms with Gasteiger partial charge in [0.05, 0.1) is 6.07 Å². The van der Waals surface area contributed by atoms with Gasteiger partial charge < -0.3 is 5.32 Å². The van der Waals surface area contributed by atoms with Gasteiger partial charge in [-0.3, -0.25) is 9.63 Å². The molecule has 0 atom stereocenters. The van der Waals surface area contributed by atoms with E-state index < -0.39 is 5.60 Å². The summed E-state index contributed by atoms with van der Waals surface area (Å²) in [6.45, 7) is 13.5. The van der Waals surface area contributed by atoms with Crippen LogP contribution in [0.15, 0.2) is 0 Å². The normalized spacial score (nSPS) is 17.0. The second kappa shape index (κ2) is 11.4. The molecule has 0 saturated heterocycles. The Morgan fingerprint density at radius 1 is 1.29 bits per heavy atom. The lowest BCUT2D eigenvalue weighted by molar-refractivity contribution is -0.287. The van der Waals surface area contributed by atoms with Crippen molar-refractivity contribution in [2.45, 2.75) is 104 Å². The molecule has 0 spiro atoms. The standard InChI is InChI=1S/C14H26N2O.C5H11NO/c1-12(2)16(13(3,4)5)17-14(11-15)9-7-6-8-10-14;1-2-3-4-6-5-7/h12H,6-10H2,1-5H3;5H,2-4H2,1H3,(H,6,7). The highest BCUT2D eigenvalue weighted by molar-refractivity contribution is 5.45. The third-order valence-electron chi connectivity index (χ3n) is 4.03. The van der Waals surface area contributed by atoms with Gasteiger partial charge in [-0.1, -0.05) is 19.8 Å². The Bertz CT molecular complexity index is 377. The van der Waals surface area contributed by atoms with Crippen LogP contribution < -0.4 is 5.32 Å². The van der Waals surface area contributed by atoms with Gasteiger partial charge >= 0.3 is 0 Å². The molecule has 1 rings (SSSR count). The molecule has 24 heavy (non-hydrogen) atoms. The SMILES string of the molecule is CC(C)N(OC1(C#N)CCCCC1)C(C)(C)C.CCCCNC=O. The van der Waals surface area contributed by atoms with Crippen molar-refractivity contribution in [3.05, 3.63) is 0 Å². The summed E-state index contributed by atoms with van der Waals surface area (Å²) in [6.07, 6.45) is 8.11. The number of rotatable bonds is 7. The van der Waals surface area contributed by atoms with Gasteiger partial charge in [-0.05, 0) is 66.7 Å². The summed E-state index contributed by atoms with van der Waals surface area (Å²) in [7, 11) is 0. The second-order valence-electron chi connectivity index (χ2n) is 7.77. The fourth-order valence-corrected chi connectivity index (χ4v) is 2.89. The molecular formula is C19H37N3O2. The van der Waals surface area contributed by atoms with Crippen molar-refractivity contribution >= 4 is 6.41 Å². The van der Waals surface area contributed by atoms with Crippen LogP contribution in [0.25, 0.3) is 0 Å². The lowest BCUT2D eigenvalue weighted by atomic mass is 9.86. The zero-order valence-electron chi connectivity index (χ0n) is 16.5. The number of carbonyl (C=O) groups excluding carboxylic acids is 1. The average Bonchev–Trinajstić information content (AvgIpc) is 2.53. The quantitative estimate of drug-likeness (QED) is 0.429. The summed E-state index contributed by atoms with van der Waals surface area (Å²) >= 11 is 0. The Morgan fingerprint density at radius 3 is 2.25 bits per heavy atom. The number of nitriles is 1. The molecule has 0 bridgehead atoms. The molecule has 1 saturated carbocycles.